The lowest BCUT2D eigenvalue weighted by Gasteiger charge is -2.17. The summed E-state index contributed by atoms with van der Waals surface area (Å²) < 4.78 is 28.6. The quantitative estimate of drug-likeness (QED) is 0.453. The summed E-state index contributed by atoms with van der Waals surface area (Å²) in [7, 11) is -3.24. The number of carbonyl (C=O) groups is 1. The van der Waals surface area contributed by atoms with Crippen molar-refractivity contribution in [3.8, 4) is 16.9 Å². The third kappa shape index (κ3) is 7.20. The van der Waals surface area contributed by atoms with Gasteiger partial charge < -0.3 is 15.2 Å². The van der Waals surface area contributed by atoms with Crippen molar-refractivity contribution >= 4 is 38.9 Å². The van der Waals surface area contributed by atoms with Gasteiger partial charge in [0.1, 0.15) is 5.75 Å². The first-order valence-corrected chi connectivity index (χ1v) is 12.7. The van der Waals surface area contributed by atoms with Crippen LogP contribution in [0.25, 0.3) is 11.1 Å². The Morgan fingerprint density at radius 1 is 0.970 bits per heavy atom. The van der Waals surface area contributed by atoms with Crippen molar-refractivity contribution in [3.05, 3.63) is 82.3 Å². The van der Waals surface area contributed by atoms with Crippen molar-refractivity contribution in [1.82, 2.24) is 5.32 Å². The van der Waals surface area contributed by atoms with Crippen LogP contribution >= 0.6 is 23.2 Å². The lowest BCUT2D eigenvalue weighted by atomic mass is 10.0. The SMILES string of the molecule is CS(=O)(=O)c1ccc(-c2ccc(CC(CO)NC(=O)COc3ccc(Cl)c(Cl)c3)cc2)cc1. The zero-order chi connectivity index (χ0) is 24.0. The van der Waals surface area contributed by atoms with E-state index in [9.17, 15) is 18.3 Å². The Morgan fingerprint density at radius 3 is 2.12 bits per heavy atom. The average molecular weight is 508 g/mol. The van der Waals surface area contributed by atoms with E-state index in [0.29, 0.717) is 22.2 Å². The van der Waals surface area contributed by atoms with Crippen LogP contribution in [0.1, 0.15) is 5.56 Å². The Balaban J connectivity index is 1.56. The Labute approximate surface area is 203 Å². The van der Waals surface area contributed by atoms with Crippen LogP contribution in [0.15, 0.2) is 71.6 Å². The van der Waals surface area contributed by atoms with Crippen LogP contribution in [-0.2, 0) is 21.1 Å². The van der Waals surface area contributed by atoms with Gasteiger partial charge >= 0.3 is 0 Å². The first-order chi connectivity index (χ1) is 15.7. The van der Waals surface area contributed by atoms with Crippen molar-refractivity contribution in [2.45, 2.75) is 17.4 Å². The maximum Gasteiger partial charge on any atom is 0.258 e. The van der Waals surface area contributed by atoms with E-state index in [2.05, 4.69) is 5.32 Å². The number of hydrogen-bond acceptors (Lipinski definition) is 5. The van der Waals surface area contributed by atoms with E-state index in [1.165, 1.54) is 12.3 Å². The molecule has 0 aliphatic carbocycles. The highest BCUT2D eigenvalue weighted by molar-refractivity contribution is 7.90. The molecule has 0 radical (unpaired) electrons. The van der Waals surface area contributed by atoms with E-state index < -0.39 is 15.9 Å². The average Bonchev–Trinajstić information content (AvgIpc) is 2.79. The molecule has 3 aromatic carbocycles. The first-order valence-electron chi connectivity index (χ1n) is 10.0. The fraction of sp³-hybridized carbons (Fsp3) is 0.208. The number of benzene rings is 3. The Hall–Kier alpha value is -2.58. The van der Waals surface area contributed by atoms with Gasteiger partial charge in [0.05, 0.1) is 27.6 Å². The molecule has 0 aliphatic rings. The topological polar surface area (TPSA) is 92.7 Å². The molecule has 174 valence electrons. The number of amides is 1. The molecule has 0 bridgehead atoms. The minimum Gasteiger partial charge on any atom is -0.484 e. The number of hydrogen-bond donors (Lipinski definition) is 2. The number of ether oxygens (including phenoxy) is 1. The minimum absolute atomic E-state index is 0.225. The third-order valence-corrected chi connectivity index (χ3v) is 6.77. The fourth-order valence-corrected chi connectivity index (χ4v) is 4.08. The minimum atomic E-state index is -3.24. The van der Waals surface area contributed by atoms with Crippen LogP contribution < -0.4 is 10.1 Å². The van der Waals surface area contributed by atoms with Crippen LogP contribution in [0, 0.1) is 0 Å². The van der Waals surface area contributed by atoms with E-state index in [4.69, 9.17) is 27.9 Å². The summed E-state index contributed by atoms with van der Waals surface area (Å²) >= 11 is 11.8. The molecular weight excluding hydrogens is 485 g/mol. The zero-order valence-electron chi connectivity index (χ0n) is 17.8. The molecule has 3 rings (SSSR count). The van der Waals surface area contributed by atoms with Crippen molar-refractivity contribution < 1.29 is 23.1 Å². The molecule has 0 saturated carbocycles. The second-order valence-corrected chi connectivity index (χ2v) is 10.3. The number of carbonyl (C=O) groups excluding carboxylic acids is 1. The highest BCUT2D eigenvalue weighted by Crippen LogP contribution is 2.26. The summed E-state index contributed by atoms with van der Waals surface area (Å²) in [5.74, 6) is 0.0444. The van der Waals surface area contributed by atoms with Crippen molar-refractivity contribution in [3.63, 3.8) is 0 Å². The van der Waals surface area contributed by atoms with Gasteiger partial charge in [0.25, 0.3) is 5.91 Å². The van der Waals surface area contributed by atoms with Gasteiger partial charge in [-0.05, 0) is 47.4 Å². The summed E-state index contributed by atoms with van der Waals surface area (Å²) in [6.07, 6.45) is 1.61. The van der Waals surface area contributed by atoms with Crippen LogP contribution in [0.3, 0.4) is 0 Å². The van der Waals surface area contributed by atoms with Crippen molar-refractivity contribution in [1.29, 1.82) is 0 Å². The predicted octanol–water partition coefficient (Wildman–Crippen LogP) is 4.16. The summed E-state index contributed by atoms with van der Waals surface area (Å²) in [5, 5.41) is 13.1. The molecule has 2 N–H and O–H groups in total. The molecule has 9 heteroatoms. The Kier molecular flexibility index (Phi) is 8.37. The monoisotopic (exact) mass is 507 g/mol. The van der Waals surface area contributed by atoms with Crippen LogP contribution in [0.5, 0.6) is 5.75 Å². The third-order valence-electron chi connectivity index (χ3n) is 4.90. The molecule has 1 atom stereocenters. The second-order valence-electron chi connectivity index (χ2n) is 7.51. The standard InChI is InChI=1S/C24H23Cl2NO5S/c1-33(30,31)21-9-6-18(7-10-21)17-4-2-16(3-5-17)12-19(14-28)27-24(29)15-32-20-8-11-22(25)23(26)13-20/h2-11,13,19,28H,12,14-15H2,1H3,(H,27,29). The predicted molar refractivity (Wildman–Crippen MR) is 130 cm³/mol. The van der Waals surface area contributed by atoms with Gasteiger partial charge in [-0.15, -0.1) is 0 Å². The Morgan fingerprint density at radius 2 is 1.58 bits per heavy atom. The van der Waals surface area contributed by atoms with Crippen molar-refractivity contribution in [2.24, 2.45) is 0 Å². The normalized spacial score (nSPS) is 12.2. The lowest BCUT2D eigenvalue weighted by Crippen LogP contribution is -2.41. The maximum atomic E-state index is 12.2. The summed E-state index contributed by atoms with van der Waals surface area (Å²) in [4.78, 5) is 12.5. The summed E-state index contributed by atoms with van der Waals surface area (Å²) in [6.45, 7) is -0.454. The second kappa shape index (κ2) is 11.0. The molecule has 0 heterocycles. The van der Waals surface area contributed by atoms with Gasteiger partial charge in [-0.25, -0.2) is 8.42 Å². The number of nitrogens with one attached hydrogen (secondary N) is 1. The van der Waals surface area contributed by atoms with Gasteiger partial charge in [0, 0.05) is 12.3 Å². The molecular formula is C24H23Cl2NO5S. The highest BCUT2D eigenvalue weighted by Gasteiger charge is 2.14. The molecule has 0 aliphatic heterocycles. The maximum absolute atomic E-state index is 12.2. The molecule has 33 heavy (non-hydrogen) atoms. The van der Waals surface area contributed by atoms with Crippen LogP contribution in [0.4, 0.5) is 0 Å². The number of sulfone groups is 1. The van der Waals surface area contributed by atoms with E-state index in [1.54, 1.807) is 36.4 Å². The van der Waals surface area contributed by atoms with E-state index in [0.717, 1.165) is 16.7 Å². The molecule has 1 unspecified atom stereocenters. The van der Waals surface area contributed by atoms with Gasteiger partial charge in [-0.1, -0.05) is 59.6 Å². The molecule has 0 aromatic heterocycles. The van der Waals surface area contributed by atoms with Gasteiger partial charge in [-0.3, -0.25) is 4.79 Å². The number of rotatable bonds is 9. The Bertz CT molecular complexity index is 1210. The van der Waals surface area contributed by atoms with Crippen LogP contribution in [0.2, 0.25) is 10.0 Å². The van der Waals surface area contributed by atoms with E-state index >= 15 is 0 Å². The molecule has 3 aromatic rings. The summed E-state index contributed by atoms with van der Waals surface area (Å²) in [5.41, 5.74) is 2.75. The van der Waals surface area contributed by atoms with Crippen molar-refractivity contribution in [2.75, 3.05) is 19.5 Å². The summed E-state index contributed by atoms with van der Waals surface area (Å²) in [6, 6.07) is 18.5. The zero-order valence-corrected chi connectivity index (χ0v) is 20.1. The van der Waals surface area contributed by atoms with Gasteiger partial charge in [0.2, 0.25) is 0 Å². The molecule has 6 nitrogen and oxygen atoms in total. The molecule has 0 spiro atoms. The molecule has 0 saturated heterocycles. The first kappa shape index (κ1) is 25.1. The largest absolute Gasteiger partial charge is 0.484 e. The van der Waals surface area contributed by atoms with Gasteiger partial charge in [0.15, 0.2) is 16.4 Å². The number of aliphatic hydroxyl groups is 1. The van der Waals surface area contributed by atoms with Gasteiger partial charge in [-0.2, -0.15) is 0 Å². The van der Waals surface area contributed by atoms with Crippen LogP contribution in [-0.4, -0.2) is 44.9 Å². The van der Waals surface area contributed by atoms with E-state index in [-0.39, 0.29) is 24.0 Å². The lowest BCUT2D eigenvalue weighted by molar-refractivity contribution is -0.124. The number of aliphatic hydroxyl groups excluding tert-OH is 1. The highest BCUT2D eigenvalue weighted by atomic mass is 35.5. The fourth-order valence-electron chi connectivity index (χ4n) is 3.16. The molecule has 0 fully saturated rings. The number of halogens is 2. The smallest absolute Gasteiger partial charge is 0.258 e. The van der Waals surface area contributed by atoms with E-state index in [1.807, 2.05) is 24.3 Å². The molecule has 1 amide bonds.